The third kappa shape index (κ3) is 6.39. The summed E-state index contributed by atoms with van der Waals surface area (Å²) in [6.07, 6.45) is 5.55. The van der Waals surface area contributed by atoms with Crippen LogP contribution in [0.4, 0.5) is 0 Å². The van der Waals surface area contributed by atoms with E-state index in [2.05, 4.69) is 10.1 Å². The average Bonchev–Trinajstić information content (AvgIpc) is 3.08. The van der Waals surface area contributed by atoms with Crippen LogP contribution in [0.15, 0.2) is 4.52 Å². The second kappa shape index (κ2) is 9.99. The molecule has 0 N–H and O–H groups in total. The van der Waals surface area contributed by atoms with Gasteiger partial charge in [-0.05, 0) is 47.5 Å². The van der Waals surface area contributed by atoms with Crippen LogP contribution in [0.1, 0.15) is 84.4 Å². The summed E-state index contributed by atoms with van der Waals surface area (Å²) in [4.78, 5) is 17.3. The van der Waals surface area contributed by atoms with Crippen molar-refractivity contribution in [1.82, 2.24) is 10.1 Å². The fraction of sp³-hybridized carbons (Fsp3) is 0.842. The average molecular weight is 416 g/mol. The Morgan fingerprint density at radius 3 is 2.32 bits per heavy atom. The van der Waals surface area contributed by atoms with Crippen LogP contribution in [0.3, 0.4) is 0 Å². The second-order valence-electron chi connectivity index (χ2n) is 8.01. The molecule has 9 heteroatoms. The molecule has 0 spiro atoms. The lowest BCUT2D eigenvalue weighted by molar-refractivity contribution is -0.154. The Bertz CT molecular complexity index is 668. The SMILES string of the molecule is CCOP(=O)(OCC)C(Cc1nc(C2CCCCC2)no1)C(=O)OC(C)(C)C. The van der Waals surface area contributed by atoms with Crippen molar-refractivity contribution >= 4 is 13.6 Å². The third-order valence-electron chi connectivity index (χ3n) is 4.50. The van der Waals surface area contributed by atoms with Gasteiger partial charge in [0, 0.05) is 5.92 Å². The Labute approximate surface area is 167 Å². The summed E-state index contributed by atoms with van der Waals surface area (Å²) < 4.78 is 35.0. The number of carbonyl (C=O) groups excluding carboxylic acids is 1. The summed E-state index contributed by atoms with van der Waals surface area (Å²) in [5.74, 6) is 0.517. The minimum absolute atomic E-state index is 0.0497. The molecule has 1 unspecified atom stereocenters. The highest BCUT2D eigenvalue weighted by molar-refractivity contribution is 7.55. The molecule has 28 heavy (non-hydrogen) atoms. The van der Waals surface area contributed by atoms with Gasteiger partial charge in [-0.3, -0.25) is 9.36 Å². The number of nitrogens with zero attached hydrogens (tertiary/aromatic N) is 2. The first-order valence-corrected chi connectivity index (χ1v) is 11.7. The van der Waals surface area contributed by atoms with E-state index in [1.54, 1.807) is 34.6 Å². The molecule has 1 atom stereocenters. The van der Waals surface area contributed by atoms with E-state index in [0.29, 0.717) is 5.82 Å². The first kappa shape index (κ1) is 23.0. The quantitative estimate of drug-likeness (QED) is 0.424. The van der Waals surface area contributed by atoms with Crippen molar-refractivity contribution in [1.29, 1.82) is 0 Å². The molecule has 1 aliphatic rings. The van der Waals surface area contributed by atoms with E-state index in [1.165, 1.54) is 6.42 Å². The summed E-state index contributed by atoms with van der Waals surface area (Å²) >= 11 is 0. The number of aromatic nitrogens is 2. The minimum Gasteiger partial charge on any atom is -0.459 e. The maximum Gasteiger partial charge on any atom is 0.345 e. The van der Waals surface area contributed by atoms with Crippen molar-refractivity contribution in [2.24, 2.45) is 0 Å². The van der Waals surface area contributed by atoms with Crippen LogP contribution < -0.4 is 0 Å². The zero-order valence-corrected chi connectivity index (χ0v) is 18.5. The number of esters is 1. The Morgan fingerprint density at radius 1 is 1.18 bits per heavy atom. The molecule has 0 radical (unpaired) electrons. The van der Waals surface area contributed by atoms with E-state index in [9.17, 15) is 9.36 Å². The van der Waals surface area contributed by atoms with Crippen LogP contribution in [0.2, 0.25) is 0 Å². The highest BCUT2D eigenvalue weighted by Gasteiger charge is 2.45. The van der Waals surface area contributed by atoms with Crippen LogP contribution in [0, 0.1) is 0 Å². The van der Waals surface area contributed by atoms with Crippen molar-refractivity contribution in [3.05, 3.63) is 11.7 Å². The van der Waals surface area contributed by atoms with Crippen molar-refractivity contribution in [3.8, 4) is 0 Å². The smallest absolute Gasteiger partial charge is 0.345 e. The van der Waals surface area contributed by atoms with E-state index < -0.39 is 24.8 Å². The van der Waals surface area contributed by atoms with Gasteiger partial charge in [-0.25, -0.2) is 0 Å². The van der Waals surface area contributed by atoms with Gasteiger partial charge in [0.1, 0.15) is 5.60 Å². The highest BCUT2D eigenvalue weighted by atomic mass is 31.2. The van der Waals surface area contributed by atoms with Gasteiger partial charge in [0.2, 0.25) is 5.89 Å². The number of carbonyl (C=O) groups is 1. The predicted molar refractivity (Wildman–Crippen MR) is 104 cm³/mol. The van der Waals surface area contributed by atoms with Gasteiger partial charge in [0.15, 0.2) is 11.5 Å². The van der Waals surface area contributed by atoms with Crippen LogP contribution in [0.25, 0.3) is 0 Å². The normalized spacial score (nSPS) is 17.5. The first-order chi connectivity index (χ1) is 13.2. The number of ether oxygens (including phenoxy) is 1. The lowest BCUT2D eigenvalue weighted by Crippen LogP contribution is -2.34. The molecule has 8 nitrogen and oxygen atoms in total. The number of rotatable bonds is 9. The summed E-state index contributed by atoms with van der Waals surface area (Å²) in [5.41, 5.74) is -1.90. The fourth-order valence-corrected chi connectivity index (χ4v) is 5.16. The maximum atomic E-state index is 13.3. The van der Waals surface area contributed by atoms with Gasteiger partial charge in [-0.2, -0.15) is 4.98 Å². The van der Waals surface area contributed by atoms with E-state index in [0.717, 1.165) is 25.7 Å². The summed E-state index contributed by atoms with van der Waals surface area (Å²) in [5, 5.41) is 4.09. The van der Waals surface area contributed by atoms with Gasteiger partial charge in [0.05, 0.1) is 19.6 Å². The number of hydrogen-bond donors (Lipinski definition) is 0. The molecule has 1 heterocycles. The Kier molecular flexibility index (Phi) is 8.22. The molecule has 1 saturated carbocycles. The molecule has 160 valence electrons. The van der Waals surface area contributed by atoms with Gasteiger partial charge in [0.25, 0.3) is 0 Å². The summed E-state index contributed by atoms with van der Waals surface area (Å²) in [6.45, 7) is 8.95. The van der Waals surface area contributed by atoms with Crippen molar-refractivity contribution in [2.75, 3.05) is 13.2 Å². The minimum atomic E-state index is -3.76. The zero-order chi connectivity index (χ0) is 20.8. The van der Waals surface area contributed by atoms with Crippen LogP contribution in [0.5, 0.6) is 0 Å². The lowest BCUT2D eigenvalue weighted by Gasteiger charge is -2.27. The monoisotopic (exact) mass is 416 g/mol. The molecule has 2 rings (SSSR count). The Balaban J connectivity index is 2.24. The van der Waals surface area contributed by atoms with Crippen LogP contribution in [-0.4, -0.2) is 40.6 Å². The van der Waals surface area contributed by atoms with Crippen molar-refractivity contribution in [2.45, 2.75) is 90.3 Å². The predicted octanol–water partition coefficient (Wildman–Crippen LogP) is 4.64. The third-order valence-corrected chi connectivity index (χ3v) is 6.89. The second-order valence-corrected chi connectivity index (χ2v) is 10.2. The fourth-order valence-electron chi connectivity index (χ4n) is 3.31. The Hall–Kier alpha value is -1.24. The molecular formula is C19H33N2O6P. The van der Waals surface area contributed by atoms with Gasteiger partial charge >= 0.3 is 13.6 Å². The van der Waals surface area contributed by atoms with Crippen molar-refractivity contribution in [3.63, 3.8) is 0 Å². The lowest BCUT2D eigenvalue weighted by atomic mass is 9.89. The van der Waals surface area contributed by atoms with Gasteiger partial charge < -0.3 is 18.3 Å². The molecule has 1 aliphatic carbocycles. The maximum absolute atomic E-state index is 13.3. The largest absolute Gasteiger partial charge is 0.459 e. The van der Waals surface area contributed by atoms with Gasteiger partial charge in [-0.1, -0.05) is 24.4 Å². The van der Waals surface area contributed by atoms with E-state index in [4.69, 9.17) is 18.3 Å². The highest BCUT2D eigenvalue weighted by Crippen LogP contribution is 2.54. The van der Waals surface area contributed by atoms with Gasteiger partial charge in [-0.15, -0.1) is 0 Å². The number of hydrogen-bond acceptors (Lipinski definition) is 8. The van der Waals surface area contributed by atoms with E-state index in [-0.39, 0.29) is 31.4 Å². The molecular weight excluding hydrogens is 383 g/mol. The standard InChI is InChI=1S/C19H33N2O6P/c1-6-24-28(23,25-7-2)15(18(22)26-19(3,4)5)13-16-20-17(21-27-16)14-11-9-8-10-12-14/h14-15H,6-13H2,1-5H3. The van der Waals surface area contributed by atoms with Crippen LogP contribution in [-0.2, 0) is 29.6 Å². The Morgan fingerprint density at radius 2 is 1.79 bits per heavy atom. The molecule has 0 aliphatic heterocycles. The summed E-state index contributed by atoms with van der Waals surface area (Å²) in [6, 6.07) is 0. The van der Waals surface area contributed by atoms with Crippen LogP contribution >= 0.6 is 7.60 Å². The van der Waals surface area contributed by atoms with E-state index >= 15 is 0 Å². The molecule has 0 bridgehead atoms. The first-order valence-electron chi connectivity index (χ1n) is 10.1. The molecule has 1 fully saturated rings. The molecule has 0 saturated heterocycles. The topological polar surface area (TPSA) is 101 Å². The molecule has 1 aromatic rings. The molecule has 0 aromatic carbocycles. The molecule has 1 aromatic heterocycles. The zero-order valence-electron chi connectivity index (χ0n) is 17.6. The molecule has 0 amide bonds. The van der Waals surface area contributed by atoms with E-state index in [1.807, 2.05) is 0 Å². The summed E-state index contributed by atoms with van der Waals surface area (Å²) in [7, 11) is -3.76. The van der Waals surface area contributed by atoms with Crippen molar-refractivity contribution < 1.29 is 27.7 Å².